The van der Waals surface area contributed by atoms with Crippen LogP contribution in [0.15, 0.2) is 42.5 Å². The lowest BCUT2D eigenvalue weighted by Gasteiger charge is -2.55. The molecule has 11 atom stereocenters. The lowest BCUT2D eigenvalue weighted by atomic mass is 9.71. The van der Waals surface area contributed by atoms with Gasteiger partial charge in [0.1, 0.15) is 54.4 Å². The first-order valence-electron chi connectivity index (χ1n) is 13.9. The minimum absolute atomic E-state index is 0.0917. The number of rotatable bonds is 9. The van der Waals surface area contributed by atoms with E-state index in [0.29, 0.717) is 5.56 Å². The second-order valence-electron chi connectivity index (χ2n) is 11.1. The Morgan fingerprint density at radius 2 is 1.64 bits per heavy atom. The number of hydrogen-bond acceptors (Lipinski definition) is 14. The Hall–Kier alpha value is -3.31. The Labute approximate surface area is 252 Å². The molecule has 2 aliphatic rings. The first-order chi connectivity index (χ1) is 20.7. The normalized spacial score (nSPS) is 35.0. The smallest absolute Gasteiger partial charge is 0.186 e. The van der Waals surface area contributed by atoms with Crippen molar-refractivity contribution >= 4 is 11.9 Å². The van der Waals surface area contributed by atoms with Crippen LogP contribution in [-0.4, -0.2) is 131 Å². The molecule has 0 radical (unpaired) electrons. The van der Waals surface area contributed by atoms with Crippen LogP contribution in [0.2, 0.25) is 0 Å². The summed E-state index contributed by atoms with van der Waals surface area (Å²) >= 11 is 0. The summed E-state index contributed by atoms with van der Waals surface area (Å²) in [5.74, 6) is -1.79. The van der Waals surface area contributed by atoms with E-state index in [-0.39, 0.29) is 35.7 Å². The van der Waals surface area contributed by atoms with Gasteiger partial charge in [0.15, 0.2) is 28.8 Å². The van der Waals surface area contributed by atoms with E-state index in [1.807, 2.05) is 0 Å². The van der Waals surface area contributed by atoms with E-state index in [4.69, 9.17) is 14.2 Å². The average Bonchev–Trinajstić information content (AvgIpc) is 3.00. The van der Waals surface area contributed by atoms with Crippen molar-refractivity contribution in [3.8, 4) is 23.0 Å². The number of ether oxygens (including phenoxy) is 3. The van der Waals surface area contributed by atoms with Gasteiger partial charge in [-0.05, 0) is 61.2 Å². The van der Waals surface area contributed by atoms with Gasteiger partial charge in [0.05, 0.1) is 19.3 Å². The van der Waals surface area contributed by atoms with E-state index in [1.54, 1.807) is 6.07 Å². The van der Waals surface area contributed by atoms with Gasteiger partial charge in [-0.1, -0.05) is 18.2 Å². The first kappa shape index (κ1) is 33.6. The second kappa shape index (κ2) is 13.4. The average molecular weight is 623 g/mol. The maximum absolute atomic E-state index is 13.0. The first-order valence-corrected chi connectivity index (χ1v) is 13.9. The van der Waals surface area contributed by atoms with Gasteiger partial charge in [-0.15, -0.1) is 0 Å². The molecule has 3 unspecified atom stereocenters. The van der Waals surface area contributed by atoms with E-state index in [2.05, 4.69) is 0 Å². The molecule has 44 heavy (non-hydrogen) atoms. The number of carbonyl (C=O) groups is 1. The molecule has 2 saturated heterocycles. The number of phenolic OH excluding ortho intramolecular Hbond substituents is 3. The molecular formula is C30H38O14. The van der Waals surface area contributed by atoms with Crippen molar-refractivity contribution < 1.29 is 70.1 Å². The summed E-state index contributed by atoms with van der Waals surface area (Å²) in [6.07, 6.45) is -16.0. The number of aliphatic hydroxyl groups is 7. The molecule has 10 N–H and O–H groups in total. The van der Waals surface area contributed by atoms with Gasteiger partial charge in [-0.2, -0.15) is 0 Å². The van der Waals surface area contributed by atoms with Crippen LogP contribution < -0.4 is 4.74 Å². The summed E-state index contributed by atoms with van der Waals surface area (Å²) in [6, 6.07) is 8.26. The molecule has 0 spiro atoms. The molecule has 4 rings (SSSR count). The number of ketones is 1. The SMILES string of the molecule is COc1ccc(CCC2O[C@H](C(O)C(=O)C=Cc3ccc(O)c(O)c3)[C@@H](O)[C@@](O)(C3O[C@H](C)[C@@H](O)[C@H](O)[C@@H]3O)[C@H]2O)cc1O. The lowest BCUT2D eigenvalue weighted by Crippen LogP contribution is -2.77. The number of hydrogen-bond donors (Lipinski definition) is 10. The quantitative estimate of drug-likeness (QED) is 0.113. The van der Waals surface area contributed by atoms with Gasteiger partial charge in [0, 0.05) is 0 Å². The molecule has 2 aromatic rings. The van der Waals surface area contributed by atoms with Crippen molar-refractivity contribution in [2.75, 3.05) is 7.11 Å². The van der Waals surface area contributed by atoms with Crippen LogP contribution in [0, 0.1) is 0 Å². The monoisotopic (exact) mass is 622 g/mol. The van der Waals surface area contributed by atoms with Gasteiger partial charge in [0.25, 0.3) is 0 Å². The van der Waals surface area contributed by atoms with Gasteiger partial charge in [-0.3, -0.25) is 4.79 Å². The zero-order chi connectivity index (χ0) is 32.5. The Balaban J connectivity index is 1.64. The van der Waals surface area contributed by atoms with Gasteiger partial charge < -0.3 is 65.3 Å². The van der Waals surface area contributed by atoms with Crippen LogP contribution in [0.1, 0.15) is 24.5 Å². The molecule has 2 fully saturated rings. The lowest BCUT2D eigenvalue weighted by molar-refractivity contribution is -0.344. The fourth-order valence-electron chi connectivity index (χ4n) is 5.61. The third-order valence-electron chi connectivity index (χ3n) is 8.25. The Morgan fingerprint density at radius 1 is 0.932 bits per heavy atom. The molecular weight excluding hydrogens is 584 g/mol. The summed E-state index contributed by atoms with van der Waals surface area (Å²) in [5.41, 5.74) is -2.00. The minimum Gasteiger partial charge on any atom is -0.504 e. The van der Waals surface area contributed by atoms with Crippen molar-refractivity contribution in [1.82, 2.24) is 0 Å². The predicted octanol–water partition coefficient (Wildman–Crippen LogP) is -1.52. The van der Waals surface area contributed by atoms with Crippen LogP contribution in [-0.2, 0) is 20.7 Å². The number of methoxy groups -OCH3 is 1. The Bertz CT molecular complexity index is 1350. The third kappa shape index (κ3) is 6.40. The zero-order valence-electron chi connectivity index (χ0n) is 23.9. The molecule has 0 aromatic heterocycles. The van der Waals surface area contributed by atoms with Crippen molar-refractivity contribution in [1.29, 1.82) is 0 Å². The van der Waals surface area contributed by atoms with E-state index < -0.39 is 78.2 Å². The van der Waals surface area contributed by atoms with Crippen LogP contribution in [0.25, 0.3) is 6.08 Å². The number of aromatic hydroxyl groups is 3. The fourth-order valence-corrected chi connectivity index (χ4v) is 5.61. The maximum atomic E-state index is 13.0. The van der Waals surface area contributed by atoms with Crippen molar-refractivity contribution in [2.45, 2.75) is 86.4 Å². The van der Waals surface area contributed by atoms with Crippen LogP contribution in [0.4, 0.5) is 0 Å². The molecule has 0 saturated carbocycles. The standard InChI is InChI=1S/C30H38O14/c1-13-22(35)24(37)25(38)29(43-13)30(41)27(39)21(10-6-15-5-9-20(42-2)19(34)12-15)44-26(28(30)40)23(36)17(32)8-4-14-3-7-16(31)18(33)11-14/h3-5,7-9,11-13,21-29,31,33-41H,6,10H2,1-2H3/t13-,21?,22-,23?,24+,25+,26-,27+,28-,29?,30-/m1/s1. The topological polar surface area (TPSA) is 247 Å². The third-order valence-corrected chi connectivity index (χ3v) is 8.25. The molecule has 14 heteroatoms. The van der Waals surface area contributed by atoms with Crippen molar-refractivity contribution in [3.05, 3.63) is 53.6 Å². The summed E-state index contributed by atoms with van der Waals surface area (Å²) in [4.78, 5) is 13.0. The van der Waals surface area contributed by atoms with E-state index >= 15 is 0 Å². The van der Waals surface area contributed by atoms with Gasteiger partial charge in [0.2, 0.25) is 0 Å². The molecule has 14 nitrogen and oxygen atoms in total. The van der Waals surface area contributed by atoms with Crippen LogP contribution in [0.3, 0.4) is 0 Å². The predicted molar refractivity (Wildman–Crippen MR) is 151 cm³/mol. The van der Waals surface area contributed by atoms with Crippen molar-refractivity contribution in [2.24, 2.45) is 0 Å². The fraction of sp³-hybridized carbons (Fsp3) is 0.500. The molecule has 0 amide bonds. The van der Waals surface area contributed by atoms with Crippen LogP contribution >= 0.6 is 0 Å². The summed E-state index contributed by atoms with van der Waals surface area (Å²) in [6.45, 7) is 1.34. The number of phenols is 3. The highest BCUT2D eigenvalue weighted by Crippen LogP contribution is 2.41. The second-order valence-corrected chi connectivity index (χ2v) is 11.1. The molecule has 242 valence electrons. The minimum atomic E-state index is -2.84. The summed E-state index contributed by atoms with van der Waals surface area (Å²) < 4.78 is 16.4. The number of aryl methyl sites for hydroxylation is 1. The summed E-state index contributed by atoms with van der Waals surface area (Å²) in [5, 5.41) is 106. The van der Waals surface area contributed by atoms with Crippen LogP contribution in [0.5, 0.6) is 23.0 Å². The zero-order valence-corrected chi connectivity index (χ0v) is 23.9. The Kier molecular flexibility index (Phi) is 10.2. The highest BCUT2D eigenvalue weighted by Gasteiger charge is 2.64. The van der Waals surface area contributed by atoms with E-state index in [1.165, 1.54) is 44.4 Å². The van der Waals surface area contributed by atoms with E-state index in [9.17, 15) is 55.9 Å². The van der Waals surface area contributed by atoms with Gasteiger partial charge >= 0.3 is 0 Å². The molecule has 2 aliphatic heterocycles. The molecule has 2 aromatic carbocycles. The highest BCUT2D eigenvalue weighted by atomic mass is 16.6. The number of benzene rings is 2. The van der Waals surface area contributed by atoms with E-state index in [0.717, 1.165) is 12.1 Å². The number of aliphatic hydroxyl groups excluding tert-OH is 6. The Morgan fingerprint density at radius 3 is 2.27 bits per heavy atom. The maximum Gasteiger partial charge on any atom is 0.186 e. The molecule has 0 aliphatic carbocycles. The van der Waals surface area contributed by atoms with Gasteiger partial charge in [-0.25, -0.2) is 0 Å². The highest BCUT2D eigenvalue weighted by molar-refractivity contribution is 5.97. The molecule has 0 bridgehead atoms. The number of carbonyl (C=O) groups excluding carboxylic acids is 1. The summed E-state index contributed by atoms with van der Waals surface area (Å²) in [7, 11) is 1.38. The molecule has 2 heterocycles. The van der Waals surface area contributed by atoms with Crippen molar-refractivity contribution in [3.63, 3.8) is 0 Å². The largest absolute Gasteiger partial charge is 0.504 e.